The number of hydrogen-bond donors (Lipinski definition) is 1. The molecular formula is C19H12F5N5OS2. The summed E-state index contributed by atoms with van der Waals surface area (Å²) < 4.78 is 66.0. The summed E-state index contributed by atoms with van der Waals surface area (Å²) in [6, 6.07) is 5.66. The summed E-state index contributed by atoms with van der Waals surface area (Å²) in [7, 11) is 0. The fourth-order valence-electron chi connectivity index (χ4n) is 2.75. The van der Waals surface area contributed by atoms with Crippen molar-refractivity contribution in [3.8, 4) is 11.3 Å². The Labute approximate surface area is 185 Å². The summed E-state index contributed by atoms with van der Waals surface area (Å²) in [5, 5.41) is 4.70. The molecule has 1 aromatic carbocycles. The van der Waals surface area contributed by atoms with Gasteiger partial charge in [-0.3, -0.25) is 9.88 Å². The Kier molecular flexibility index (Phi) is 5.77. The number of alkyl halides is 3. The van der Waals surface area contributed by atoms with Crippen molar-refractivity contribution in [2.75, 3.05) is 5.32 Å². The fourth-order valence-corrected chi connectivity index (χ4v) is 4.33. The van der Waals surface area contributed by atoms with E-state index in [2.05, 4.69) is 20.3 Å². The monoisotopic (exact) mass is 485 g/mol. The zero-order valence-electron chi connectivity index (χ0n) is 16.1. The van der Waals surface area contributed by atoms with E-state index in [0.29, 0.717) is 32.6 Å². The second kappa shape index (κ2) is 8.39. The van der Waals surface area contributed by atoms with Crippen molar-refractivity contribution in [2.45, 2.75) is 19.6 Å². The van der Waals surface area contributed by atoms with Crippen LogP contribution in [-0.4, -0.2) is 19.5 Å². The molecular weight excluding hydrogens is 473 g/mol. The number of rotatable bonds is 5. The second-order valence-corrected chi connectivity index (χ2v) is 8.55. The van der Waals surface area contributed by atoms with Crippen molar-refractivity contribution in [1.29, 1.82) is 0 Å². The molecule has 32 heavy (non-hydrogen) atoms. The molecule has 0 bridgehead atoms. The highest BCUT2D eigenvalue weighted by atomic mass is 32.1. The van der Waals surface area contributed by atoms with Gasteiger partial charge in [0.15, 0.2) is 16.8 Å². The van der Waals surface area contributed by atoms with E-state index in [1.165, 1.54) is 19.1 Å². The first kappa shape index (κ1) is 22.0. The van der Waals surface area contributed by atoms with Gasteiger partial charge >= 0.3 is 11.9 Å². The molecule has 4 aromatic rings. The van der Waals surface area contributed by atoms with Gasteiger partial charge in [0.05, 0.1) is 12.2 Å². The van der Waals surface area contributed by atoms with Gasteiger partial charge in [-0.2, -0.15) is 23.1 Å². The van der Waals surface area contributed by atoms with Crippen LogP contribution >= 0.6 is 22.7 Å². The van der Waals surface area contributed by atoms with Crippen molar-refractivity contribution in [2.24, 2.45) is 0 Å². The molecule has 166 valence electrons. The molecule has 1 N–H and O–H groups in total. The standard InChI is InChI=1S/C19H12F5N5OS2/c1-9-25-16(27-17-26-14(8-31-17)10-2-4-12(20)13(21)6-10)28-18(30)29(9)7-11-3-5-15(32-11)19(22,23)24/h2-6,8H,7H2,1H3,(H,26,27,28,30). The van der Waals surface area contributed by atoms with E-state index >= 15 is 0 Å². The van der Waals surface area contributed by atoms with E-state index in [1.54, 1.807) is 5.38 Å². The van der Waals surface area contributed by atoms with E-state index < -0.39 is 28.4 Å². The third-order valence-electron chi connectivity index (χ3n) is 4.28. The van der Waals surface area contributed by atoms with Gasteiger partial charge in [-0.25, -0.2) is 18.6 Å². The molecule has 4 rings (SSSR count). The average molecular weight is 485 g/mol. The number of nitrogens with one attached hydrogen (secondary N) is 1. The summed E-state index contributed by atoms with van der Waals surface area (Å²) in [4.78, 5) is 24.2. The zero-order valence-corrected chi connectivity index (χ0v) is 17.7. The number of aromatic nitrogens is 4. The summed E-state index contributed by atoms with van der Waals surface area (Å²) in [5.74, 6) is -1.77. The van der Waals surface area contributed by atoms with Gasteiger partial charge in [0.2, 0.25) is 5.95 Å². The molecule has 0 amide bonds. The van der Waals surface area contributed by atoms with Gasteiger partial charge in [0.25, 0.3) is 0 Å². The number of thiazole rings is 1. The molecule has 0 aliphatic rings. The minimum absolute atomic E-state index is 0.0444. The van der Waals surface area contributed by atoms with E-state index in [0.717, 1.165) is 34.1 Å². The first-order chi connectivity index (χ1) is 15.1. The minimum Gasteiger partial charge on any atom is -0.300 e. The lowest BCUT2D eigenvalue weighted by atomic mass is 10.2. The van der Waals surface area contributed by atoms with Gasteiger partial charge in [-0.1, -0.05) is 0 Å². The number of halogens is 5. The van der Waals surface area contributed by atoms with E-state index in [9.17, 15) is 26.7 Å². The number of anilines is 2. The van der Waals surface area contributed by atoms with Crippen molar-refractivity contribution in [1.82, 2.24) is 19.5 Å². The molecule has 0 radical (unpaired) electrons. The molecule has 13 heteroatoms. The molecule has 3 heterocycles. The molecule has 0 saturated heterocycles. The zero-order chi connectivity index (χ0) is 23.0. The highest BCUT2D eigenvalue weighted by molar-refractivity contribution is 7.14. The minimum atomic E-state index is -4.44. The third-order valence-corrected chi connectivity index (χ3v) is 6.16. The van der Waals surface area contributed by atoms with Crippen LogP contribution in [0.5, 0.6) is 0 Å². The van der Waals surface area contributed by atoms with Gasteiger partial charge < -0.3 is 0 Å². The lowest BCUT2D eigenvalue weighted by Gasteiger charge is -2.09. The first-order valence-corrected chi connectivity index (χ1v) is 10.6. The molecule has 0 unspecified atom stereocenters. The SMILES string of the molecule is Cc1nc(Nc2nc(-c3ccc(F)c(F)c3)cs2)nc(=O)n1Cc1ccc(C(F)(F)F)s1. The maximum absolute atomic E-state index is 13.4. The van der Waals surface area contributed by atoms with Crippen LogP contribution in [0, 0.1) is 18.6 Å². The Morgan fingerprint density at radius 3 is 2.50 bits per heavy atom. The third kappa shape index (κ3) is 4.67. The summed E-state index contributed by atoms with van der Waals surface area (Å²) in [6.45, 7) is 1.43. The number of nitrogens with zero attached hydrogens (tertiary/aromatic N) is 4. The highest BCUT2D eigenvalue weighted by Crippen LogP contribution is 2.34. The van der Waals surface area contributed by atoms with Gasteiger partial charge in [0, 0.05) is 15.8 Å². The molecule has 0 fully saturated rings. The highest BCUT2D eigenvalue weighted by Gasteiger charge is 2.32. The summed E-state index contributed by atoms with van der Waals surface area (Å²) >= 11 is 1.69. The lowest BCUT2D eigenvalue weighted by molar-refractivity contribution is -0.134. The van der Waals surface area contributed by atoms with Crippen LogP contribution in [0.25, 0.3) is 11.3 Å². The Hall–Kier alpha value is -3.19. The quantitative estimate of drug-likeness (QED) is 0.393. The predicted octanol–water partition coefficient (Wildman–Crippen LogP) is 5.22. The molecule has 3 aromatic heterocycles. The van der Waals surface area contributed by atoms with Gasteiger partial charge in [0.1, 0.15) is 10.7 Å². The molecule has 0 atom stereocenters. The van der Waals surface area contributed by atoms with Crippen LogP contribution < -0.4 is 11.0 Å². The topological polar surface area (TPSA) is 72.7 Å². The Balaban J connectivity index is 1.52. The molecule has 0 spiro atoms. The Bertz CT molecular complexity index is 1340. The number of thiophene rings is 1. The Morgan fingerprint density at radius 1 is 1.06 bits per heavy atom. The second-order valence-electron chi connectivity index (χ2n) is 6.52. The van der Waals surface area contributed by atoms with Crippen LogP contribution in [0.15, 0.2) is 40.5 Å². The summed E-state index contributed by atoms with van der Waals surface area (Å²) in [5.41, 5.74) is 0.0638. The van der Waals surface area contributed by atoms with Crippen molar-refractivity contribution in [3.05, 3.63) is 73.4 Å². The van der Waals surface area contributed by atoms with E-state index in [1.807, 2.05) is 0 Å². The number of hydrogen-bond acceptors (Lipinski definition) is 7. The first-order valence-electron chi connectivity index (χ1n) is 8.89. The van der Waals surface area contributed by atoms with Gasteiger partial charge in [-0.05, 0) is 37.3 Å². The van der Waals surface area contributed by atoms with Crippen LogP contribution in [0.3, 0.4) is 0 Å². The van der Waals surface area contributed by atoms with E-state index in [4.69, 9.17) is 0 Å². The fraction of sp³-hybridized carbons (Fsp3) is 0.158. The van der Waals surface area contributed by atoms with Crippen LogP contribution in [0.2, 0.25) is 0 Å². The van der Waals surface area contributed by atoms with Crippen molar-refractivity contribution >= 4 is 33.8 Å². The van der Waals surface area contributed by atoms with Crippen LogP contribution in [0.1, 0.15) is 15.6 Å². The molecule has 0 aliphatic heterocycles. The average Bonchev–Trinajstić information content (AvgIpc) is 3.36. The lowest BCUT2D eigenvalue weighted by Crippen LogP contribution is -2.27. The molecule has 0 saturated carbocycles. The van der Waals surface area contributed by atoms with Crippen LogP contribution in [0.4, 0.5) is 33.0 Å². The van der Waals surface area contributed by atoms with Crippen LogP contribution in [-0.2, 0) is 12.7 Å². The summed E-state index contributed by atoms with van der Waals surface area (Å²) in [6.07, 6.45) is -4.44. The molecule has 6 nitrogen and oxygen atoms in total. The van der Waals surface area contributed by atoms with Gasteiger partial charge in [-0.15, -0.1) is 22.7 Å². The maximum Gasteiger partial charge on any atom is 0.425 e. The van der Waals surface area contributed by atoms with E-state index in [-0.39, 0.29) is 18.3 Å². The normalized spacial score (nSPS) is 11.7. The van der Waals surface area contributed by atoms with Crippen molar-refractivity contribution < 1.29 is 22.0 Å². The molecule has 0 aliphatic carbocycles. The smallest absolute Gasteiger partial charge is 0.300 e. The number of aryl methyl sites for hydroxylation is 1. The number of benzene rings is 1. The maximum atomic E-state index is 13.4. The largest absolute Gasteiger partial charge is 0.425 e. The Morgan fingerprint density at radius 2 is 1.84 bits per heavy atom. The predicted molar refractivity (Wildman–Crippen MR) is 110 cm³/mol. The van der Waals surface area contributed by atoms with Crippen molar-refractivity contribution in [3.63, 3.8) is 0 Å².